The number of hydrazone groups is 1. The molecule has 2 N–H and O–H groups in total. The summed E-state index contributed by atoms with van der Waals surface area (Å²) in [6.45, 7) is 6.42. The van der Waals surface area contributed by atoms with Crippen LogP contribution in [0.15, 0.2) is 47.6 Å². The molecular formula is C27H34N4O6. The maximum Gasteiger partial charge on any atom is 0.329 e. The molecule has 1 fully saturated rings. The van der Waals surface area contributed by atoms with E-state index in [1.54, 1.807) is 47.4 Å². The number of carbonyl (C=O) groups excluding carboxylic acids is 3. The van der Waals surface area contributed by atoms with E-state index in [4.69, 9.17) is 14.2 Å². The third-order valence-electron chi connectivity index (χ3n) is 5.54. The second-order valence-electron chi connectivity index (χ2n) is 8.40. The summed E-state index contributed by atoms with van der Waals surface area (Å²) in [4.78, 5) is 38.3. The van der Waals surface area contributed by atoms with Gasteiger partial charge in [-0.1, -0.05) is 13.3 Å². The second-order valence-corrected chi connectivity index (χ2v) is 8.40. The SMILES string of the molecule is CCCCOc1ccc(NC(=O)C(=O)N/N=C\c2ccc(OCC(=O)N3CCCC3)c(OCC)c2)cc1. The van der Waals surface area contributed by atoms with E-state index in [0.717, 1.165) is 38.8 Å². The molecule has 1 saturated heterocycles. The highest BCUT2D eigenvalue weighted by Crippen LogP contribution is 2.28. The number of nitrogens with one attached hydrogen (secondary N) is 2. The molecule has 2 aromatic carbocycles. The number of likely N-dealkylation sites (tertiary alicyclic amines) is 1. The van der Waals surface area contributed by atoms with Gasteiger partial charge in [-0.3, -0.25) is 14.4 Å². The summed E-state index contributed by atoms with van der Waals surface area (Å²) < 4.78 is 16.9. The predicted molar refractivity (Wildman–Crippen MR) is 140 cm³/mol. The number of nitrogens with zero attached hydrogens (tertiary/aromatic N) is 2. The van der Waals surface area contributed by atoms with Gasteiger partial charge >= 0.3 is 11.8 Å². The Kier molecular flexibility index (Phi) is 10.8. The summed E-state index contributed by atoms with van der Waals surface area (Å²) >= 11 is 0. The van der Waals surface area contributed by atoms with Gasteiger partial charge in [0.15, 0.2) is 18.1 Å². The van der Waals surface area contributed by atoms with E-state index in [1.165, 1.54) is 6.21 Å². The van der Waals surface area contributed by atoms with E-state index >= 15 is 0 Å². The molecule has 1 aliphatic rings. The van der Waals surface area contributed by atoms with E-state index in [0.29, 0.717) is 41.7 Å². The first-order valence-electron chi connectivity index (χ1n) is 12.5. The van der Waals surface area contributed by atoms with Gasteiger partial charge in [-0.2, -0.15) is 5.10 Å². The van der Waals surface area contributed by atoms with Crippen molar-refractivity contribution >= 4 is 29.6 Å². The zero-order chi connectivity index (χ0) is 26.5. The third-order valence-corrected chi connectivity index (χ3v) is 5.54. The molecule has 0 atom stereocenters. The van der Waals surface area contributed by atoms with Gasteiger partial charge in [0.05, 0.1) is 19.4 Å². The second kappa shape index (κ2) is 14.5. The summed E-state index contributed by atoms with van der Waals surface area (Å²) in [6, 6.07) is 11.8. The van der Waals surface area contributed by atoms with Crippen molar-refractivity contribution in [2.45, 2.75) is 39.5 Å². The minimum absolute atomic E-state index is 0.0529. The average Bonchev–Trinajstić information content (AvgIpc) is 3.45. The Bertz CT molecular complexity index is 1080. The van der Waals surface area contributed by atoms with Crippen LogP contribution in [0, 0.1) is 0 Å². The van der Waals surface area contributed by atoms with Crippen molar-refractivity contribution in [3.8, 4) is 17.2 Å². The van der Waals surface area contributed by atoms with Crippen LogP contribution in [0.3, 0.4) is 0 Å². The van der Waals surface area contributed by atoms with E-state index in [-0.39, 0.29) is 12.5 Å². The van der Waals surface area contributed by atoms with Crippen LogP contribution in [0.4, 0.5) is 5.69 Å². The maximum absolute atomic E-state index is 12.3. The van der Waals surface area contributed by atoms with E-state index in [1.807, 2.05) is 6.92 Å². The lowest BCUT2D eigenvalue weighted by Crippen LogP contribution is -2.32. The minimum Gasteiger partial charge on any atom is -0.494 e. The molecular weight excluding hydrogens is 476 g/mol. The first-order valence-corrected chi connectivity index (χ1v) is 12.5. The lowest BCUT2D eigenvalue weighted by molar-refractivity contribution is -0.136. The highest BCUT2D eigenvalue weighted by atomic mass is 16.5. The molecule has 0 saturated carbocycles. The molecule has 0 spiro atoms. The maximum atomic E-state index is 12.3. The Balaban J connectivity index is 1.50. The lowest BCUT2D eigenvalue weighted by atomic mass is 10.2. The zero-order valence-electron chi connectivity index (χ0n) is 21.3. The molecule has 37 heavy (non-hydrogen) atoms. The fraction of sp³-hybridized carbons (Fsp3) is 0.407. The smallest absolute Gasteiger partial charge is 0.329 e. The first kappa shape index (κ1) is 27.5. The summed E-state index contributed by atoms with van der Waals surface area (Å²) in [5.74, 6) is -0.226. The first-order chi connectivity index (χ1) is 18.0. The summed E-state index contributed by atoms with van der Waals surface area (Å²) in [6.07, 6.45) is 5.42. The van der Waals surface area contributed by atoms with Gasteiger partial charge in [-0.05, 0) is 74.2 Å². The third kappa shape index (κ3) is 8.82. The molecule has 3 amide bonds. The zero-order valence-corrected chi connectivity index (χ0v) is 21.3. The highest BCUT2D eigenvalue weighted by molar-refractivity contribution is 6.39. The van der Waals surface area contributed by atoms with Gasteiger partial charge in [0, 0.05) is 18.8 Å². The number of amides is 3. The molecule has 2 aromatic rings. The van der Waals surface area contributed by atoms with E-state index in [2.05, 4.69) is 22.8 Å². The Hall–Kier alpha value is -4.08. The number of hydrogen-bond donors (Lipinski definition) is 2. The van der Waals surface area contributed by atoms with Crippen LogP contribution in [0.1, 0.15) is 45.1 Å². The molecule has 0 bridgehead atoms. The quantitative estimate of drug-likeness (QED) is 0.196. The van der Waals surface area contributed by atoms with Crippen molar-refractivity contribution in [2.24, 2.45) is 5.10 Å². The van der Waals surface area contributed by atoms with E-state index in [9.17, 15) is 14.4 Å². The number of hydrogen-bond acceptors (Lipinski definition) is 7. The number of carbonyl (C=O) groups is 3. The van der Waals surface area contributed by atoms with Crippen LogP contribution < -0.4 is 25.0 Å². The van der Waals surface area contributed by atoms with Crippen molar-refractivity contribution < 1.29 is 28.6 Å². The molecule has 198 valence electrons. The number of benzene rings is 2. The van der Waals surface area contributed by atoms with Crippen LogP contribution >= 0.6 is 0 Å². The Morgan fingerprint density at radius 3 is 2.41 bits per heavy atom. The minimum atomic E-state index is -0.912. The van der Waals surface area contributed by atoms with Crippen LogP contribution in [-0.4, -0.2) is 61.7 Å². The fourth-order valence-corrected chi connectivity index (χ4v) is 3.56. The van der Waals surface area contributed by atoms with Crippen LogP contribution in [-0.2, 0) is 14.4 Å². The van der Waals surface area contributed by atoms with Crippen molar-refractivity contribution in [2.75, 3.05) is 38.2 Å². The van der Waals surface area contributed by atoms with Crippen molar-refractivity contribution in [1.82, 2.24) is 10.3 Å². The Labute approximate surface area is 217 Å². The highest BCUT2D eigenvalue weighted by Gasteiger charge is 2.19. The molecule has 0 unspecified atom stereocenters. The van der Waals surface area contributed by atoms with Crippen LogP contribution in [0.5, 0.6) is 17.2 Å². The lowest BCUT2D eigenvalue weighted by Gasteiger charge is -2.17. The Morgan fingerprint density at radius 1 is 0.946 bits per heavy atom. The molecule has 10 heteroatoms. The van der Waals surface area contributed by atoms with Crippen molar-refractivity contribution in [3.05, 3.63) is 48.0 Å². The number of rotatable bonds is 12. The largest absolute Gasteiger partial charge is 0.494 e. The molecule has 0 aromatic heterocycles. The van der Waals surface area contributed by atoms with Gasteiger partial charge < -0.3 is 24.4 Å². The van der Waals surface area contributed by atoms with Gasteiger partial charge in [-0.25, -0.2) is 5.43 Å². The number of unbranched alkanes of at least 4 members (excludes halogenated alkanes) is 1. The van der Waals surface area contributed by atoms with Crippen molar-refractivity contribution in [1.29, 1.82) is 0 Å². The van der Waals surface area contributed by atoms with Gasteiger partial charge in [-0.15, -0.1) is 0 Å². The monoisotopic (exact) mass is 510 g/mol. The Morgan fingerprint density at radius 2 is 1.70 bits per heavy atom. The molecule has 1 heterocycles. The molecule has 3 rings (SSSR count). The van der Waals surface area contributed by atoms with Gasteiger partial charge in [0.1, 0.15) is 5.75 Å². The summed E-state index contributed by atoms with van der Waals surface area (Å²) in [7, 11) is 0. The van der Waals surface area contributed by atoms with Crippen molar-refractivity contribution in [3.63, 3.8) is 0 Å². The normalized spacial score (nSPS) is 12.9. The molecule has 10 nitrogen and oxygen atoms in total. The summed E-state index contributed by atoms with van der Waals surface area (Å²) in [5.41, 5.74) is 3.28. The van der Waals surface area contributed by atoms with Crippen LogP contribution in [0.25, 0.3) is 0 Å². The standard InChI is InChI=1S/C27H34N4O6/c1-3-5-16-36-22-11-9-21(10-12-22)29-26(33)27(34)30-28-18-20-8-13-23(24(17-20)35-4-2)37-19-25(32)31-14-6-7-15-31/h8-13,17-18H,3-7,14-16,19H2,1-2H3,(H,29,33)(H,30,34)/b28-18-. The van der Waals surface area contributed by atoms with E-state index < -0.39 is 11.8 Å². The molecule has 0 radical (unpaired) electrons. The topological polar surface area (TPSA) is 119 Å². The fourth-order valence-electron chi connectivity index (χ4n) is 3.56. The van der Waals surface area contributed by atoms with Gasteiger partial charge in [0.25, 0.3) is 5.91 Å². The molecule has 1 aliphatic heterocycles. The van der Waals surface area contributed by atoms with Crippen LogP contribution in [0.2, 0.25) is 0 Å². The van der Waals surface area contributed by atoms with Gasteiger partial charge in [0.2, 0.25) is 0 Å². The average molecular weight is 511 g/mol. The predicted octanol–water partition coefficient (Wildman–Crippen LogP) is 3.35. The summed E-state index contributed by atoms with van der Waals surface area (Å²) in [5, 5.41) is 6.37. The molecule has 0 aliphatic carbocycles. The number of anilines is 1. The number of ether oxygens (including phenoxy) is 3.